The van der Waals surface area contributed by atoms with E-state index >= 15 is 0 Å². The van der Waals surface area contributed by atoms with Crippen LogP contribution in [0.2, 0.25) is 0 Å². The summed E-state index contributed by atoms with van der Waals surface area (Å²) in [5.41, 5.74) is 1.09. The number of alkyl halides is 1. The number of carbonyl (C=O) groups excluding carboxylic acids is 1. The number of para-hydroxylation sites is 1. The van der Waals surface area contributed by atoms with Gasteiger partial charge < -0.3 is 9.64 Å². The van der Waals surface area contributed by atoms with Crippen LogP contribution in [-0.2, 0) is 11.2 Å². The highest BCUT2D eigenvalue weighted by Crippen LogP contribution is 2.20. The summed E-state index contributed by atoms with van der Waals surface area (Å²) >= 11 is 5.54. The minimum absolute atomic E-state index is 0.0206. The van der Waals surface area contributed by atoms with Crippen molar-refractivity contribution in [1.82, 2.24) is 4.90 Å². The van der Waals surface area contributed by atoms with Crippen LogP contribution in [-0.4, -0.2) is 36.9 Å². The number of likely N-dealkylation sites (N-methyl/N-ethyl adjacent to an activating group) is 1. The van der Waals surface area contributed by atoms with Gasteiger partial charge >= 0.3 is 0 Å². The molecule has 0 aromatic heterocycles. The Labute approximate surface area is 107 Å². The van der Waals surface area contributed by atoms with Crippen LogP contribution >= 0.6 is 11.6 Å². The molecule has 0 fully saturated rings. The predicted molar refractivity (Wildman–Crippen MR) is 69.7 cm³/mol. The minimum atomic E-state index is -0.0611. The minimum Gasteiger partial charge on any atom is -0.496 e. The first-order valence-corrected chi connectivity index (χ1v) is 6.07. The maximum Gasteiger partial charge on any atom is 0.237 e. The van der Waals surface area contributed by atoms with Gasteiger partial charge in [-0.25, -0.2) is 0 Å². The Balaban J connectivity index is 2.73. The van der Waals surface area contributed by atoms with Crippen molar-refractivity contribution in [2.24, 2.45) is 0 Å². The van der Waals surface area contributed by atoms with Gasteiger partial charge in [-0.05, 0) is 25.0 Å². The first-order valence-electron chi connectivity index (χ1n) is 5.53. The number of rotatable bonds is 5. The fourth-order valence-corrected chi connectivity index (χ4v) is 1.86. The first kappa shape index (κ1) is 13.8. The topological polar surface area (TPSA) is 29.5 Å². The van der Waals surface area contributed by atoms with Gasteiger partial charge in [0.2, 0.25) is 5.91 Å². The summed E-state index contributed by atoms with van der Waals surface area (Å²) in [6, 6.07) is 7.92. The number of amides is 1. The molecule has 1 rings (SSSR count). The van der Waals surface area contributed by atoms with Crippen molar-refractivity contribution >= 4 is 17.5 Å². The van der Waals surface area contributed by atoms with Crippen LogP contribution in [0.25, 0.3) is 0 Å². The van der Waals surface area contributed by atoms with E-state index in [9.17, 15) is 4.79 Å². The Morgan fingerprint density at radius 3 is 2.71 bits per heavy atom. The van der Waals surface area contributed by atoms with Gasteiger partial charge in [-0.1, -0.05) is 18.2 Å². The molecule has 17 heavy (non-hydrogen) atoms. The number of halogens is 1. The highest BCUT2D eigenvalue weighted by Gasteiger charge is 2.16. The normalized spacial score (nSPS) is 12.0. The summed E-state index contributed by atoms with van der Waals surface area (Å²) in [5.74, 6) is 0.812. The lowest BCUT2D eigenvalue weighted by Crippen LogP contribution is -2.37. The Morgan fingerprint density at radius 1 is 1.47 bits per heavy atom. The first-order chi connectivity index (χ1) is 8.10. The molecule has 0 N–H and O–H groups in total. The van der Waals surface area contributed by atoms with Gasteiger partial charge in [0.25, 0.3) is 0 Å². The lowest BCUT2D eigenvalue weighted by Gasteiger charge is -2.24. The lowest BCUT2D eigenvalue weighted by molar-refractivity contribution is -0.128. The van der Waals surface area contributed by atoms with Crippen molar-refractivity contribution in [3.63, 3.8) is 0 Å². The third kappa shape index (κ3) is 3.63. The Morgan fingerprint density at radius 2 is 2.12 bits per heavy atom. The van der Waals surface area contributed by atoms with Gasteiger partial charge in [-0.2, -0.15) is 0 Å². The molecule has 1 aromatic carbocycles. The van der Waals surface area contributed by atoms with E-state index in [1.807, 2.05) is 31.2 Å². The Kier molecular flexibility index (Phi) is 5.29. The molecule has 0 radical (unpaired) electrons. The number of benzene rings is 1. The summed E-state index contributed by atoms with van der Waals surface area (Å²) in [7, 11) is 3.42. The van der Waals surface area contributed by atoms with Gasteiger partial charge in [0, 0.05) is 13.1 Å². The number of nitrogens with zero attached hydrogens (tertiary/aromatic N) is 1. The van der Waals surface area contributed by atoms with Crippen LogP contribution in [0.3, 0.4) is 0 Å². The van der Waals surface area contributed by atoms with Crippen molar-refractivity contribution in [2.45, 2.75) is 19.4 Å². The molecule has 0 aliphatic carbocycles. The summed E-state index contributed by atoms with van der Waals surface area (Å²) in [4.78, 5) is 13.1. The highest BCUT2D eigenvalue weighted by molar-refractivity contribution is 6.27. The van der Waals surface area contributed by atoms with Crippen LogP contribution in [0.15, 0.2) is 24.3 Å². The second-order valence-electron chi connectivity index (χ2n) is 4.00. The van der Waals surface area contributed by atoms with E-state index in [1.165, 1.54) is 0 Å². The zero-order valence-electron chi connectivity index (χ0n) is 10.4. The van der Waals surface area contributed by atoms with Crippen molar-refractivity contribution in [1.29, 1.82) is 0 Å². The van der Waals surface area contributed by atoms with Crippen molar-refractivity contribution in [3.05, 3.63) is 29.8 Å². The van der Waals surface area contributed by atoms with E-state index in [4.69, 9.17) is 16.3 Å². The number of methoxy groups -OCH3 is 1. The quantitative estimate of drug-likeness (QED) is 0.756. The smallest absolute Gasteiger partial charge is 0.237 e. The number of ether oxygens (including phenoxy) is 1. The van der Waals surface area contributed by atoms with Crippen LogP contribution in [0.5, 0.6) is 5.75 Å². The van der Waals surface area contributed by atoms with E-state index < -0.39 is 0 Å². The van der Waals surface area contributed by atoms with E-state index in [-0.39, 0.29) is 17.8 Å². The van der Waals surface area contributed by atoms with E-state index in [0.717, 1.165) is 17.7 Å². The van der Waals surface area contributed by atoms with E-state index in [2.05, 4.69) is 0 Å². The lowest BCUT2D eigenvalue weighted by atomic mass is 10.1. The zero-order valence-corrected chi connectivity index (χ0v) is 11.2. The molecule has 0 bridgehead atoms. The standard InChI is InChI=1S/C13H18ClNO2/c1-10(15(2)13(16)9-14)8-11-6-4-5-7-12(11)17-3/h4-7,10H,8-9H2,1-3H3. The van der Waals surface area contributed by atoms with Gasteiger partial charge in [0.1, 0.15) is 11.6 Å². The van der Waals surface area contributed by atoms with Crippen LogP contribution in [0.1, 0.15) is 12.5 Å². The molecule has 3 nitrogen and oxygen atoms in total. The second-order valence-corrected chi connectivity index (χ2v) is 4.27. The van der Waals surface area contributed by atoms with Crippen LogP contribution < -0.4 is 4.74 Å². The molecule has 1 unspecified atom stereocenters. The summed E-state index contributed by atoms with van der Waals surface area (Å²) in [6.07, 6.45) is 0.753. The molecular weight excluding hydrogens is 238 g/mol. The molecule has 0 heterocycles. The molecule has 1 aromatic rings. The number of carbonyl (C=O) groups is 1. The Hall–Kier alpha value is -1.22. The maximum atomic E-state index is 11.5. The molecular formula is C13H18ClNO2. The molecule has 4 heteroatoms. The van der Waals surface area contributed by atoms with Crippen molar-refractivity contribution in [2.75, 3.05) is 20.0 Å². The Bertz CT molecular complexity index is 381. The maximum absolute atomic E-state index is 11.5. The molecule has 0 aliphatic heterocycles. The zero-order chi connectivity index (χ0) is 12.8. The number of hydrogen-bond acceptors (Lipinski definition) is 2. The molecule has 1 amide bonds. The number of hydrogen-bond donors (Lipinski definition) is 0. The van der Waals surface area contributed by atoms with E-state index in [0.29, 0.717) is 0 Å². The van der Waals surface area contributed by atoms with Gasteiger partial charge in [0.05, 0.1) is 7.11 Å². The molecule has 0 spiro atoms. The molecule has 0 aliphatic rings. The van der Waals surface area contributed by atoms with E-state index in [1.54, 1.807) is 19.1 Å². The second kappa shape index (κ2) is 6.50. The van der Waals surface area contributed by atoms with Crippen LogP contribution in [0, 0.1) is 0 Å². The van der Waals surface area contributed by atoms with Gasteiger partial charge in [-0.15, -0.1) is 11.6 Å². The summed E-state index contributed by atoms with van der Waals surface area (Å²) in [6.45, 7) is 2.00. The third-order valence-corrected chi connectivity index (χ3v) is 3.11. The molecule has 0 saturated carbocycles. The summed E-state index contributed by atoms with van der Waals surface area (Å²) in [5, 5.41) is 0. The van der Waals surface area contributed by atoms with Crippen molar-refractivity contribution in [3.8, 4) is 5.75 Å². The SMILES string of the molecule is COc1ccccc1CC(C)N(C)C(=O)CCl. The van der Waals surface area contributed by atoms with Crippen LogP contribution in [0.4, 0.5) is 0 Å². The average Bonchev–Trinajstić information content (AvgIpc) is 2.37. The molecule has 94 valence electrons. The average molecular weight is 256 g/mol. The van der Waals surface area contributed by atoms with Gasteiger partial charge in [0.15, 0.2) is 0 Å². The highest BCUT2D eigenvalue weighted by atomic mass is 35.5. The van der Waals surface area contributed by atoms with Crippen molar-refractivity contribution < 1.29 is 9.53 Å². The fourth-order valence-electron chi connectivity index (χ4n) is 1.67. The molecule has 1 atom stereocenters. The summed E-state index contributed by atoms with van der Waals surface area (Å²) < 4.78 is 5.28. The fraction of sp³-hybridized carbons (Fsp3) is 0.462. The molecule has 0 saturated heterocycles. The third-order valence-electron chi connectivity index (χ3n) is 2.88. The largest absolute Gasteiger partial charge is 0.496 e. The monoisotopic (exact) mass is 255 g/mol. The predicted octanol–water partition coefficient (Wildman–Crippen LogP) is 2.32. The van der Waals surface area contributed by atoms with Gasteiger partial charge in [-0.3, -0.25) is 4.79 Å².